The number of hydrogen-bond donors (Lipinski definition) is 1. The fourth-order valence-corrected chi connectivity index (χ4v) is 4.52. The highest BCUT2D eigenvalue weighted by Gasteiger charge is 2.31. The summed E-state index contributed by atoms with van der Waals surface area (Å²) in [5.41, 5.74) is 1.81. The van der Waals surface area contributed by atoms with Gasteiger partial charge in [-0.25, -0.2) is 4.79 Å². The lowest BCUT2D eigenvalue weighted by Gasteiger charge is -2.23. The number of anilines is 1. The molecule has 1 atom stereocenters. The summed E-state index contributed by atoms with van der Waals surface area (Å²) >= 11 is 1.31. The van der Waals surface area contributed by atoms with Gasteiger partial charge in [0.25, 0.3) is 0 Å². The minimum atomic E-state index is -0.469. The van der Waals surface area contributed by atoms with E-state index in [1.807, 2.05) is 18.5 Å². The molecule has 1 saturated carbocycles. The third-order valence-electron chi connectivity index (χ3n) is 5.61. The van der Waals surface area contributed by atoms with Crippen molar-refractivity contribution >= 4 is 28.2 Å². The van der Waals surface area contributed by atoms with Crippen LogP contribution in [0.25, 0.3) is 11.1 Å². The number of nitrogens with zero attached hydrogens (tertiary/aromatic N) is 1. The van der Waals surface area contributed by atoms with E-state index in [9.17, 15) is 9.59 Å². The van der Waals surface area contributed by atoms with Crippen LogP contribution in [0.15, 0.2) is 23.6 Å². The average Bonchev–Trinajstić information content (AvgIpc) is 3.53. The highest BCUT2D eigenvalue weighted by Crippen LogP contribution is 2.40. The molecule has 8 heteroatoms. The molecule has 1 fully saturated rings. The molecule has 0 radical (unpaired) electrons. The number of rotatable bonds is 10. The van der Waals surface area contributed by atoms with Crippen LogP contribution in [0.3, 0.4) is 0 Å². The quantitative estimate of drug-likeness (QED) is 0.549. The molecule has 168 valence electrons. The van der Waals surface area contributed by atoms with Gasteiger partial charge in [-0.05, 0) is 57.4 Å². The first-order chi connectivity index (χ1) is 14.9. The maximum atomic E-state index is 12.8. The monoisotopic (exact) mass is 446 g/mol. The molecule has 1 aromatic carbocycles. The predicted octanol–water partition coefficient (Wildman–Crippen LogP) is 4.28. The SMILES string of the molecule is CCOC(=O)c1c(-c2ccc(OC)c(OC)c2)csc1NC(=O)CN(C)[C@H](C)C1CC1. The molecular formula is C23H30N2O5S. The number of carbonyl (C=O) groups excluding carboxylic acids is 2. The van der Waals surface area contributed by atoms with Crippen molar-refractivity contribution in [2.75, 3.05) is 39.7 Å². The number of esters is 1. The molecule has 0 spiro atoms. The Kier molecular flexibility index (Phi) is 7.56. The van der Waals surface area contributed by atoms with Crippen LogP contribution >= 0.6 is 11.3 Å². The molecule has 1 aliphatic rings. The molecule has 0 saturated heterocycles. The molecule has 1 N–H and O–H groups in total. The van der Waals surface area contributed by atoms with Crippen LogP contribution in [0, 0.1) is 5.92 Å². The van der Waals surface area contributed by atoms with Crippen molar-refractivity contribution in [1.82, 2.24) is 4.90 Å². The fraction of sp³-hybridized carbons (Fsp3) is 0.478. The fourth-order valence-electron chi connectivity index (χ4n) is 3.55. The standard InChI is InChI=1S/C23H30N2O5S/c1-6-30-23(27)21-17(16-9-10-18(28-4)19(11-16)29-5)13-31-22(21)24-20(26)12-25(3)14(2)15-7-8-15/h9-11,13-15H,6-8,12H2,1-5H3,(H,24,26)/t14-/m1/s1. The zero-order valence-corrected chi connectivity index (χ0v) is 19.5. The molecule has 0 aliphatic heterocycles. The van der Waals surface area contributed by atoms with Gasteiger partial charge in [-0.1, -0.05) is 6.07 Å². The number of hydrogen-bond acceptors (Lipinski definition) is 7. The van der Waals surface area contributed by atoms with Crippen LogP contribution in [0.5, 0.6) is 11.5 Å². The van der Waals surface area contributed by atoms with Gasteiger partial charge in [-0.3, -0.25) is 9.69 Å². The van der Waals surface area contributed by atoms with Crippen molar-refractivity contribution in [3.8, 4) is 22.6 Å². The lowest BCUT2D eigenvalue weighted by atomic mass is 10.0. The molecule has 2 aromatic rings. The number of ether oxygens (including phenoxy) is 3. The van der Waals surface area contributed by atoms with Gasteiger partial charge in [0.05, 0.1) is 27.4 Å². The van der Waals surface area contributed by atoms with Gasteiger partial charge in [0, 0.05) is 17.0 Å². The minimum absolute atomic E-state index is 0.152. The van der Waals surface area contributed by atoms with Gasteiger partial charge in [-0.15, -0.1) is 11.3 Å². The van der Waals surface area contributed by atoms with Crippen LogP contribution in [-0.4, -0.2) is 57.2 Å². The summed E-state index contributed by atoms with van der Waals surface area (Å²) < 4.78 is 16.0. The van der Waals surface area contributed by atoms with E-state index in [2.05, 4.69) is 17.1 Å². The van der Waals surface area contributed by atoms with Gasteiger partial charge >= 0.3 is 5.97 Å². The van der Waals surface area contributed by atoms with E-state index < -0.39 is 5.97 Å². The topological polar surface area (TPSA) is 77.1 Å². The van der Waals surface area contributed by atoms with E-state index in [1.54, 1.807) is 33.3 Å². The summed E-state index contributed by atoms with van der Waals surface area (Å²) in [5.74, 6) is 1.21. The molecule has 3 rings (SSSR count). The molecule has 1 amide bonds. The Hall–Kier alpha value is -2.58. The first-order valence-electron chi connectivity index (χ1n) is 10.4. The van der Waals surface area contributed by atoms with Crippen molar-refractivity contribution in [2.24, 2.45) is 5.92 Å². The summed E-state index contributed by atoms with van der Waals surface area (Å²) in [6.07, 6.45) is 2.44. The van der Waals surface area contributed by atoms with E-state index in [-0.39, 0.29) is 19.1 Å². The van der Waals surface area contributed by atoms with Crippen molar-refractivity contribution in [1.29, 1.82) is 0 Å². The Bertz CT molecular complexity index is 938. The third-order valence-corrected chi connectivity index (χ3v) is 6.51. The zero-order valence-electron chi connectivity index (χ0n) is 18.7. The summed E-state index contributed by atoms with van der Waals surface area (Å²) in [7, 11) is 5.09. The van der Waals surface area contributed by atoms with Crippen LogP contribution < -0.4 is 14.8 Å². The highest BCUT2D eigenvalue weighted by atomic mass is 32.1. The van der Waals surface area contributed by atoms with Crippen molar-refractivity contribution < 1.29 is 23.8 Å². The molecule has 1 heterocycles. The predicted molar refractivity (Wildman–Crippen MR) is 122 cm³/mol. The lowest BCUT2D eigenvalue weighted by molar-refractivity contribution is -0.117. The van der Waals surface area contributed by atoms with E-state index in [1.165, 1.54) is 24.2 Å². The van der Waals surface area contributed by atoms with Gasteiger partial charge in [0.15, 0.2) is 11.5 Å². The molecular weight excluding hydrogens is 416 g/mol. The lowest BCUT2D eigenvalue weighted by Crippen LogP contribution is -2.37. The van der Waals surface area contributed by atoms with Crippen molar-refractivity contribution in [3.05, 3.63) is 29.1 Å². The number of likely N-dealkylation sites (N-methyl/N-ethyl adjacent to an activating group) is 1. The molecule has 7 nitrogen and oxygen atoms in total. The van der Waals surface area contributed by atoms with Gasteiger partial charge < -0.3 is 19.5 Å². The second-order valence-corrected chi connectivity index (χ2v) is 8.56. The van der Waals surface area contributed by atoms with Crippen LogP contribution in [-0.2, 0) is 9.53 Å². The molecule has 0 bridgehead atoms. The molecule has 31 heavy (non-hydrogen) atoms. The Balaban J connectivity index is 1.86. The highest BCUT2D eigenvalue weighted by molar-refractivity contribution is 7.15. The van der Waals surface area contributed by atoms with Gasteiger partial charge in [0.1, 0.15) is 10.6 Å². The smallest absolute Gasteiger partial charge is 0.341 e. The first kappa shape index (κ1) is 23.1. The summed E-state index contributed by atoms with van der Waals surface area (Å²) in [5, 5.41) is 5.25. The van der Waals surface area contributed by atoms with Gasteiger partial charge in [0.2, 0.25) is 5.91 Å². The van der Waals surface area contributed by atoms with Crippen LogP contribution in [0.2, 0.25) is 0 Å². The van der Waals surface area contributed by atoms with Crippen molar-refractivity contribution in [2.45, 2.75) is 32.7 Å². The Morgan fingerprint density at radius 1 is 1.23 bits per heavy atom. The van der Waals surface area contributed by atoms with E-state index in [0.29, 0.717) is 39.6 Å². The van der Waals surface area contributed by atoms with E-state index in [0.717, 1.165) is 5.56 Å². The number of methoxy groups -OCH3 is 2. The number of amides is 1. The average molecular weight is 447 g/mol. The number of carbonyl (C=O) groups is 2. The maximum absolute atomic E-state index is 12.8. The first-order valence-corrected chi connectivity index (χ1v) is 11.3. The second kappa shape index (κ2) is 10.2. The third kappa shape index (κ3) is 5.37. The summed E-state index contributed by atoms with van der Waals surface area (Å²) in [6.45, 7) is 4.42. The largest absolute Gasteiger partial charge is 0.493 e. The summed E-state index contributed by atoms with van der Waals surface area (Å²) in [4.78, 5) is 27.5. The molecule has 0 unspecified atom stereocenters. The molecule has 1 aromatic heterocycles. The number of nitrogens with one attached hydrogen (secondary N) is 1. The molecule has 1 aliphatic carbocycles. The Morgan fingerprint density at radius 2 is 1.94 bits per heavy atom. The Labute approximate surface area is 187 Å². The normalized spacial score (nSPS) is 14.3. The van der Waals surface area contributed by atoms with E-state index in [4.69, 9.17) is 14.2 Å². The number of thiophene rings is 1. The van der Waals surface area contributed by atoms with Crippen LogP contribution in [0.1, 0.15) is 37.0 Å². The van der Waals surface area contributed by atoms with Gasteiger partial charge in [-0.2, -0.15) is 0 Å². The zero-order chi connectivity index (χ0) is 22.5. The van der Waals surface area contributed by atoms with E-state index >= 15 is 0 Å². The maximum Gasteiger partial charge on any atom is 0.341 e. The Morgan fingerprint density at radius 3 is 2.55 bits per heavy atom. The number of benzene rings is 1. The van der Waals surface area contributed by atoms with Crippen molar-refractivity contribution in [3.63, 3.8) is 0 Å². The second-order valence-electron chi connectivity index (χ2n) is 7.69. The van der Waals surface area contributed by atoms with Crippen LogP contribution in [0.4, 0.5) is 5.00 Å². The minimum Gasteiger partial charge on any atom is -0.493 e. The summed E-state index contributed by atoms with van der Waals surface area (Å²) in [6, 6.07) is 5.80.